The first kappa shape index (κ1) is 15.9. The zero-order valence-corrected chi connectivity index (χ0v) is 9.65. The van der Waals surface area contributed by atoms with Crippen molar-refractivity contribution >= 4 is 11.6 Å². The highest BCUT2D eigenvalue weighted by atomic mass is 35.5. The number of ether oxygens (including phenoxy) is 1. The van der Waals surface area contributed by atoms with Crippen LogP contribution in [0.1, 0.15) is 17.7 Å². The Bertz CT molecular complexity index is 431. The summed E-state index contributed by atoms with van der Waals surface area (Å²) in [5.74, 6) is -1.85. The van der Waals surface area contributed by atoms with E-state index >= 15 is 0 Å². The smallest absolute Gasteiger partial charge is 0.408 e. The monoisotopic (exact) mass is 314 g/mol. The molecule has 19 heavy (non-hydrogen) atoms. The first-order chi connectivity index (χ1) is 8.65. The van der Waals surface area contributed by atoms with Crippen molar-refractivity contribution in [1.82, 2.24) is 9.78 Å². The van der Waals surface area contributed by atoms with Crippen LogP contribution in [-0.4, -0.2) is 22.6 Å². The predicted octanol–water partition coefficient (Wildman–Crippen LogP) is 3.72. The number of hydrogen-bond acceptors (Lipinski definition) is 2. The van der Waals surface area contributed by atoms with Crippen molar-refractivity contribution < 1.29 is 35.5 Å². The summed E-state index contributed by atoms with van der Waals surface area (Å²) in [4.78, 5) is 0. The Hall–Kier alpha value is -1.19. The molecule has 0 saturated carbocycles. The third kappa shape index (κ3) is 4.15. The van der Waals surface area contributed by atoms with Gasteiger partial charge >= 0.3 is 12.8 Å². The Kier molecular flexibility index (Phi) is 4.88. The van der Waals surface area contributed by atoms with Crippen LogP contribution < -0.4 is 4.74 Å². The lowest BCUT2D eigenvalue weighted by Gasteiger charge is -2.11. The van der Waals surface area contributed by atoms with E-state index in [9.17, 15) is 30.7 Å². The van der Waals surface area contributed by atoms with Crippen LogP contribution in [0, 0.1) is 0 Å². The number of rotatable bonds is 5. The van der Waals surface area contributed by atoms with Gasteiger partial charge in [0, 0.05) is 0 Å². The molecule has 0 atom stereocenters. The normalized spacial score (nSPS) is 12.5. The van der Waals surface area contributed by atoms with Crippen molar-refractivity contribution in [2.45, 2.75) is 31.6 Å². The van der Waals surface area contributed by atoms with Gasteiger partial charge in [-0.25, -0.2) is 13.5 Å². The lowest BCUT2D eigenvalue weighted by Crippen LogP contribution is -2.20. The molecule has 0 radical (unpaired) electrons. The summed E-state index contributed by atoms with van der Waals surface area (Å²) in [7, 11) is 0. The van der Waals surface area contributed by atoms with Gasteiger partial charge in [0.05, 0.1) is 11.4 Å². The Morgan fingerprint density at radius 3 is 2.16 bits per heavy atom. The van der Waals surface area contributed by atoms with Gasteiger partial charge in [0.15, 0.2) is 0 Å². The van der Waals surface area contributed by atoms with Crippen LogP contribution in [0.3, 0.4) is 0 Å². The van der Waals surface area contributed by atoms with E-state index < -0.39 is 48.8 Å². The quantitative estimate of drug-likeness (QED) is 0.612. The molecule has 1 aromatic rings. The van der Waals surface area contributed by atoms with E-state index in [1.807, 2.05) is 0 Å². The molecule has 0 aliphatic rings. The zero-order chi connectivity index (χ0) is 14.8. The summed E-state index contributed by atoms with van der Waals surface area (Å²) < 4.78 is 89.4. The van der Waals surface area contributed by atoms with Crippen LogP contribution in [0.5, 0.6) is 5.88 Å². The third-order valence-electron chi connectivity index (χ3n) is 1.90. The van der Waals surface area contributed by atoms with Gasteiger partial charge in [-0.2, -0.15) is 27.1 Å². The molecule has 1 rings (SSSR count). The summed E-state index contributed by atoms with van der Waals surface area (Å²) in [6.07, 6.45) is -8.10. The standard InChI is InChI=1S/C8H6ClF7N2O/c9-1-3-4(5(10)11)17-18(2-8(14,15)16)6(3)19-7(12)13/h5,7H,1-2H2. The van der Waals surface area contributed by atoms with E-state index in [1.165, 1.54) is 0 Å². The maximum atomic E-state index is 12.5. The first-order valence-corrected chi connectivity index (χ1v) is 5.14. The lowest BCUT2D eigenvalue weighted by atomic mass is 10.3. The van der Waals surface area contributed by atoms with Crippen LogP contribution in [0.15, 0.2) is 0 Å². The Morgan fingerprint density at radius 2 is 1.79 bits per heavy atom. The van der Waals surface area contributed by atoms with Crippen molar-refractivity contribution in [3.63, 3.8) is 0 Å². The zero-order valence-electron chi connectivity index (χ0n) is 8.90. The van der Waals surface area contributed by atoms with Crippen LogP contribution in [0.2, 0.25) is 0 Å². The molecule has 0 aromatic carbocycles. The molecule has 0 bridgehead atoms. The molecule has 0 aliphatic carbocycles. The Morgan fingerprint density at radius 1 is 1.21 bits per heavy atom. The van der Waals surface area contributed by atoms with E-state index in [4.69, 9.17) is 11.6 Å². The maximum absolute atomic E-state index is 12.5. The van der Waals surface area contributed by atoms with Gasteiger partial charge in [-0.3, -0.25) is 0 Å². The van der Waals surface area contributed by atoms with Crippen molar-refractivity contribution in [2.24, 2.45) is 0 Å². The van der Waals surface area contributed by atoms with Crippen LogP contribution >= 0.6 is 11.6 Å². The minimum Gasteiger partial charge on any atom is -0.417 e. The minimum absolute atomic E-state index is 0.106. The van der Waals surface area contributed by atoms with E-state index in [0.717, 1.165) is 0 Å². The van der Waals surface area contributed by atoms with E-state index in [0.29, 0.717) is 0 Å². The lowest BCUT2D eigenvalue weighted by molar-refractivity contribution is -0.146. The average Bonchev–Trinajstić information content (AvgIpc) is 2.53. The molecule has 1 aromatic heterocycles. The minimum atomic E-state index is -4.84. The molecule has 0 unspecified atom stereocenters. The molecule has 0 N–H and O–H groups in total. The van der Waals surface area contributed by atoms with Crippen LogP contribution in [-0.2, 0) is 12.4 Å². The second-order valence-electron chi connectivity index (χ2n) is 3.25. The maximum Gasteiger partial charge on any atom is 0.408 e. The average molecular weight is 315 g/mol. The fraction of sp³-hybridized carbons (Fsp3) is 0.625. The van der Waals surface area contributed by atoms with Crippen molar-refractivity contribution in [1.29, 1.82) is 0 Å². The van der Waals surface area contributed by atoms with Gasteiger partial charge < -0.3 is 4.74 Å². The molecule has 0 fully saturated rings. The van der Waals surface area contributed by atoms with Crippen LogP contribution in [0.4, 0.5) is 30.7 Å². The molecule has 0 aliphatic heterocycles. The molecule has 0 saturated heterocycles. The molecule has 0 spiro atoms. The summed E-state index contributed by atoms with van der Waals surface area (Å²) in [5.41, 5.74) is -1.81. The first-order valence-electron chi connectivity index (χ1n) is 4.61. The third-order valence-corrected chi connectivity index (χ3v) is 2.17. The van der Waals surface area contributed by atoms with Gasteiger partial charge in [0.25, 0.3) is 6.43 Å². The topological polar surface area (TPSA) is 27.1 Å². The second-order valence-corrected chi connectivity index (χ2v) is 3.52. The van der Waals surface area contributed by atoms with Gasteiger partial charge in [-0.15, -0.1) is 11.6 Å². The molecule has 1 heterocycles. The number of hydrogen-bond donors (Lipinski definition) is 0. The van der Waals surface area contributed by atoms with Crippen LogP contribution in [0.25, 0.3) is 0 Å². The van der Waals surface area contributed by atoms with Gasteiger partial charge in [0.1, 0.15) is 12.2 Å². The van der Waals surface area contributed by atoms with Gasteiger partial charge in [-0.05, 0) is 0 Å². The van der Waals surface area contributed by atoms with Crippen molar-refractivity contribution in [2.75, 3.05) is 0 Å². The fourth-order valence-corrected chi connectivity index (χ4v) is 1.55. The summed E-state index contributed by atoms with van der Waals surface area (Å²) in [6, 6.07) is 0. The predicted molar refractivity (Wildman–Crippen MR) is 49.4 cm³/mol. The number of nitrogens with zero attached hydrogens (tertiary/aromatic N) is 2. The summed E-state index contributed by atoms with van der Waals surface area (Å²) in [6.45, 7) is -5.33. The van der Waals surface area contributed by atoms with Gasteiger partial charge in [0.2, 0.25) is 5.88 Å². The molecule has 0 amide bonds. The van der Waals surface area contributed by atoms with E-state index in [1.54, 1.807) is 0 Å². The highest BCUT2D eigenvalue weighted by molar-refractivity contribution is 6.17. The largest absolute Gasteiger partial charge is 0.417 e. The second kappa shape index (κ2) is 5.85. The van der Waals surface area contributed by atoms with Gasteiger partial charge in [-0.1, -0.05) is 0 Å². The number of halogens is 8. The highest BCUT2D eigenvalue weighted by Gasteiger charge is 2.34. The highest BCUT2D eigenvalue weighted by Crippen LogP contribution is 2.33. The number of aromatic nitrogens is 2. The molecular weight excluding hydrogens is 309 g/mol. The molecule has 110 valence electrons. The Balaban J connectivity index is 3.27. The van der Waals surface area contributed by atoms with E-state index in [2.05, 4.69) is 9.84 Å². The molecule has 3 nitrogen and oxygen atoms in total. The fourth-order valence-electron chi connectivity index (χ4n) is 1.30. The SMILES string of the molecule is FC(F)Oc1c(CCl)c(C(F)F)nn1CC(F)(F)F. The van der Waals surface area contributed by atoms with Crippen molar-refractivity contribution in [3.8, 4) is 5.88 Å². The number of alkyl halides is 8. The summed E-state index contributed by atoms with van der Waals surface area (Å²) in [5, 5.41) is 2.92. The Labute approximate surface area is 106 Å². The summed E-state index contributed by atoms with van der Waals surface area (Å²) >= 11 is 5.26. The molecule has 11 heteroatoms. The van der Waals surface area contributed by atoms with Crippen molar-refractivity contribution in [3.05, 3.63) is 11.3 Å². The molecular formula is C8H6ClF7N2O. The van der Waals surface area contributed by atoms with E-state index in [-0.39, 0.29) is 4.68 Å².